The summed E-state index contributed by atoms with van der Waals surface area (Å²) in [6.07, 6.45) is 3.85. The van der Waals surface area contributed by atoms with Crippen LogP contribution < -0.4 is 10.4 Å². The van der Waals surface area contributed by atoms with Crippen LogP contribution in [-0.4, -0.2) is 22.6 Å². The number of fused-ring (bicyclic) bond motifs is 3. The second-order valence-corrected chi connectivity index (χ2v) is 4.71. The van der Waals surface area contributed by atoms with Gasteiger partial charge in [-0.2, -0.15) is 0 Å². The van der Waals surface area contributed by atoms with Crippen molar-refractivity contribution in [3.63, 3.8) is 0 Å². The van der Waals surface area contributed by atoms with Gasteiger partial charge in [0.15, 0.2) is 5.78 Å². The highest BCUT2D eigenvalue weighted by Gasteiger charge is 2.15. The summed E-state index contributed by atoms with van der Waals surface area (Å²) in [4.78, 5) is 33.8. The first kappa shape index (κ1) is 13.0. The van der Waals surface area contributed by atoms with Crippen LogP contribution in [0.4, 0.5) is 0 Å². The Balaban J connectivity index is 2.27. The van der Waals surface area contributed by atoms with E-state index >= 15 is 0 Å². The summed E-state index contributed by atoms with van der Waals surface area (Å²) < 4.78 is 0. The minimum atomic E-state index is -1.58. The number of carbonyl (C=O) groups excluding carboxylic acids is 2. The molecule has 1 N–H and O–H groups in total. The van der Waals surface area contributed by atoms with Crippen LogP contribution in [0.25, 0.3) is 22.9 Å². The molecule has 0 heterocycles. The normalized spacial score (nSPS) is 15.2. The molecule has 0 saturated carbocycles. The van der Waals surface area contributed by atoms with Crippen LogP contribution in [0.2, 0.25) is 0 Å². The average Bonchev–Trinajstić information content (AvgIpc) is 2.48. The molecule has 2 aromatic carbocycles. The third-order valence-corrected chi connectivity index (χ3v) is 3.37. The van der Waals surface area contributed by atoms with Crippen molar-refractivity contribution in [1.82, 2.24) is 0 Å². The third kappa shape index (κ3) is 2.27. The molecule has 3 rings (SSSR count). The third-order valence-electron chi connectivity index (χ3n) is 3.37. The maximum atomic E-state index is 12.1. The number of hydrogen-bond acceptors (Lipinski definition) is 3. The van der Waals surface area contributed by atoms with Gasteiger partial charge in [-0.05, 0) is 33.4 Å². The predicted molar refractivity (Wildman–Crippen MR) is 77.9 cm³/mol. The monoisotopic (exact) mass is 278 g/mol. The number of rotatable bonds is 2. The van der Waals surface area contributed by atoms with E-state index in [9.17, 15) is 14.4 Å². The molecule has 0 unspecified atom stereocenters. The van der Waals surface area contributed by atoms with Gasteiger partial charge in [-0.25, -0.2) is 4.79 Å². The van der Waals surface area contributed by atoms with Gasteiger partial charge < -0.3 is 5.11 Å². The quantitative estimate of drug-likeness (QED) is 0.644. The van der Waals surface area contributed by atoms with Crippen molar-refractivity contribution in [2.75, 3.05) is 0 Å². The van der Waals surface area contributed by atoms with Crippen molar-refractivity contribution < 1.29 is 19.5 Å². The van der Waals surface area contributed by atoms with E-state index in [0.717, 1.165) is 27.3 Å². The molecule has 0 spiro atoms. The van der Waals surface area contributed by atoms with E-state index in [2.05, 4.69) is 0 Å². The lowest BCUT2D eigenvalue weighted by atomic mass is 9.97. The SMILES string of the molecule is O=C(O)C(=O)/C=C1/C=c2ccc3ccccc3c2=CC1=O. The van der Waals surface area contributed by atoms with Crippen LogP contribution >= 0.6 is 0 Å². The van der Waals surface area contributed by atoms with Crippen molar-refractivity contribution in [3.05, 3.63) is 58.5 Å². The molecule has 1 aliphatic carbocycles. The summed E-state index contributed by atoms with van der Waals surface area (Å²) in [7, 11) is 0. The molecule has 4 nitrogen and oxygen atoms in total. The van der Waals surface area contributed by atoms with Crippen LogP contribution in [0.3, 0.4) is 0 Å². The van der Waals surface area contributed by atoms with Crippen LogP contribution in [-0.2, 0) is 14.4 Å². The molecular formula is C17H10O4. The number of carboxylic acids is 1. The standard InChI is InChI=1S/C17H10O4/c18-15-9-14-11(7-12(15)8-16(19)17(20)21)6-5-10-3-1-2-4-13(10)14/h1-9H,(H,20,21)/b12-8-. The van der Waals surface area contributed by atoms with E-state index in [1.807, 2.05) is 36.4 Å². The summed E-state index contributed by atoms with van der Waals surface area (Å²) in [5.74, 6) is -3.05. The zero-order chi connectivity index (χ0) is 15.0. The molecule has 0 amide bonds. The summed E-state index contributed by atoms with van der Waals surface area (Å²) in [6.45, 7) is 0. The molecule has 4 heteroatoms. The number of carbonyl (C=O) groups is 3. The molecule has 2 aromatic rings. The van der Waals surface area contributed by atoms with E-state index in [1.54, 1.807) is 6.08 Å². The van der Waals surface area contributed by atoms with Crippen molar-refractivity contribution in [2.45, 2.75) is 0 Å². The molecule has 0 saturated heterocycles. The van der Waals surface area contributed by atoms with Gasteiger partial charge in [0, 0.05) is 11.6 Å². The molecule has 1 aliphatic rings. The van der Waals surface area contributed by atoms with E-state index < -0.39 is 11.8 Å². The summed E-state index contributed by atoms with van der Waals surface area (Å²) in [5.41, 5.74) is 0.0881. The highest BCUT2D eigenvalue weighted by Crippen LogP contribution is 2.10. The number of hydrogen-bond donors (Lipinski definition) is 1. The Morgan fingerprint density at radius 1 is 1.00 bits per heavy atom. The first-order chi connectivity index (χ1) is 10.1. The maximum Gasteiger partial charge on any atom is 0.376 e. The van der Waals surface area contributed by atoms with Crippen LogP contribution in [0.5, 0.6) is 0 Å². The topological polar surface area (TPSA) is 71.4 Å². The van der Waals surface area contributed by atoms with Gasteiger partial charge in [-0.15, -0.1) is 0 Å². The first-order valence-electron chi connectivity index (χ1n) is 6.31. The van der Waals surface area contributed by atoms with Crippen LogP contribution in [0.1, 0.15) is 0 Å². The molecule has 0 fully saturated rings. The Labute approximate surface area is 119 Å². The summed E-state index contributed by atoms with van der Waals surface area (Å²) >= 11 is 0. The largest absolute Gasteiger partial charge is 0.475 e. The lowest BCUT2D eigenvalue weighted by Gasteiger charge is -2.06. The molecule has 0 atom stereocenters. The number of carboxylic acid groups (broad SMARTS) is 1. The average molecular weight is 278 g/mol. The van der Waals surface area contributed by atoms with E-state index in [1.165, 1.54) is 6.08 Å². The highest BCUT2D eigenvalue weighted by atomic mass is 16.4. The van der Waals surface area contributed by atoms with Gasteiger partial charge in [-0.1, -0.05) is 36.4 Å². The van der Waals surface area contributed by atoms with Crippen molar-refractivity contribution in [3.8, 4) is 0 Å². The van der Waals surface area contributed by atoms with Gasteiger partial charge in [-0.3, -0.25) is 9.59 Å². The number of ketones is 2. The smallest absolute Gasteiger partial charge is 0.376 e. The fourth-order valence-electron chi connectivity index (χ4n) is 2.37. The first-order valence-corrected chi connectivity index (χ1v) is 6.31. The van der Waals surface area contributed by atoms with Gasteiger partial charge >= 0.3 is 5.97 Å². The maximum absolute atomic E-state index is 12.1. The lowest BCUT2D eigenvalue weighted by Crippen LogP contribution is -2.31. The van der Waals surface area contributed by atoms with Crippen LogP contribution in [0.15, 0.2) is 48.0 Å². The number of benzene rings is 2. The Morgan fingerprint density at radius 3 is 2.52 bits per heavy atom. The minimum absolute atomic E-state index is 0.0881. The number of Topliss-reactive ketones (excluding diaryl/α,β-unsaturated/α-hetero) is 1. The summed E-state index contributed by atoms with van der Waals surface area (Å²) in [5, 5.41) is 12.1. The zero-order valence-corrected chi connectivity index (χ0v) is 10.9. The van der Waals surface area contributed by atoms with Crippen molar-refractivity contribution in [2.24, 2.45) is 0 Å². The lowest BCUT2D eigenvalue weighted by molar-refractivity contribution is -0.146. The molecule has 21 heavy (non-hydrogen) atoms. The van der Waals surface area contributed by atoms with Gasteiger partial charge in [0.1, 0.15) is 0 Å². The number of aliphatic carboxylic acids is 1. The zero-order valence-electron chi connectivity index (χ0n) is 10.9. The second-order valence-electron chi connectivity index (χ2n) is 4.71. The van der Waals surface area contributed by atoms with Crippen molar-refractivity contribution >= 4 is 40.5 Å². The molecule has 0 radical (unpaired) electrons. The van der Waals surface area contributed by atoms with Gasteiger partial charge in [0.25, 0.3) is 5.78 Å². The summed E-state index contributed by atoms with van der Waals surface area (Å²) in [6, 6.07) is 11.4. The Kier molecular flexibility index (Phi) is 2.99. The van der Waals surface area contributed by atoms with Gasteiger partial charge in [0.2, 0.25) is 0 Å². The fourth-order valence-corrected chi connectivity index (χ4v) is 2.37. The van der Waals surface area contributed by atoms with E-state index in [0.29, 0.717) is 0 Å². The predicted octanol–water partition coefficient (Wildman–Crippen LogP) is 0.564. The minimum Gasteiger partial charge on any atom is -0.475 e. The van der Waals surface area contributed by atoms with Crippen molar-refractivity contribution in [1.29, 1.82) is 0 Å². The van der Waals surface area contributed by atoms with E-state index in [4.69, 9.17) is 5.11 Å². The molecule has 102 valence electrons. The molecule has 0 aromatic heterocycles. The Morgan fingerprint density at radius 2 is 1.76 bits per heavy atom. The molecule has 0 bridgehead atoms. The molecular weight excluding hydrogens is 268 g/mol. The fraction of sp³-hybridized carbons (Fsp3) is 0. The molecule has 0 aliphatic heterocycles. The second kappa shape index (κ2) is 4.83. The van der Waals surface area contributed by atoms with Gasteiger partial charge in [0.05, 0.1) is 0 Å². The Bertz CT molecular complexity index is 948. The van der Waals surface area contributed by atoms with Crippen LogP contribution in [0, 0.1) is 0 Å². The van der Waals surface area contributed by atoms with E-state index in [-0.39, 0.29) is 11.4 Å². The Hall–Kier alpha value is -3.01. The number of allylic oxidation sites excluding steroid dienone is 1. The highest BCUT2D eigenvalue weighted by molar-refractivity contribution is 6.40.